The number of thiocarbonyl (C=S) groups is 1. The number of hydrogen-bond donors (Lipinski definition) is 1. The van der Waals surface area contributed by atoms with E-state index in [0.717, 1.165) is 11.3 Å². The molecule has 1 N–H and O–H groups in total. The van der Waals surface area contributed by atoms with E-state index in [0.29, 0.717) is 28.7 Å². The van der Waals surface area contributed by atoms with Crippen molar-refractivity contribution in [2.45, 2.75) is 18.6 Å². The third-order valence-corrected chi connectivity index (χ3v) is 5.89. The van der Waals surface area contributed by atoms with E-state index < -0.39 is 4.92 Å². The van der Waals surface area contributed by atoms with Crippen LogP contribution in [-0.2, 0) is 6.54 Å². The second-order valence-corrected chi connectivity index (χ2v) is 8.01. The number of aromatic nitrogens is 2. The third-order valence-electron chi connectivity index (χ3n) is 5.53. The van der Waals surface area contributed by atoms with Crippen LogP contribution < -0.4 is 5.32 Å². The number of hydrogen-bond acceptors (Lipinski definition) is 6. The van der Waals surface area contributed by atoms with E-state index in [1.54, 1.807) is 24.5 Å². The summed E-state index contributed by atoms with van der Waals surface area (Å²) in [5.74, 6) is 1.23. The summed E-state index contributed by atoms with van der Waals surface area (Å²) in [6, 6.07) is 19.3. The fourth-order valence-electron chi connectivity index (χ4n) is 4.01. The molecule has 0 amide bonds. The summed E-state index contributed by atoms with van der Waals surface area (Å²) in [6.45, 7) is 0.542. The van der Waals surface area contributed by atoms with Crippen LogP contribution in [0, 0.1) is 10.1 Å². The Labute approximate surface area is 195 Å². The Morgan fingerprint density at radius 2 is 2.00 bits per heavy atom. The number of nitrogens with one attached hydrogen (secondary N) is 1. The lowest BCUT2D eigenvalue weighted by atomic mass is 10.0. The normalized spacial score (nSPS) is 17.7. The van der Waals surface area contributed by atoms with Gasteiger partial charge in [0.05, 0.1) is 16.7 Å². The zero-order valence-electron chi connectivity index (χ0n) is 17.4. The summed E-state index contributed by atoms with van der Waals surface area (Å²) in [7, 11) is 0. The minimum absolute atomic E-state index is 0.0127. The average molecular weight is 458 g/mol. The molecule has 4 aromatic rings. The van der Waals surface area contributed by atoms with Crippen molar-refractivity contribution < 1.29 is 9.34 Å². The highest BCUT2D eigenvalue weighted by Crippen LogP contribution is 2.41. The van der Waals surface area contributed by atoms with Gasteiger partial charge in [-0.25, -0.2) is 0 Å². The van der Waals surface area contributed by atoms with Gasteiger partial charge in [-0.3, -0.25) is 20.1 Å². The second kappa shape index (κ2) is 8.79. The molecule has 33 heavy (non-hydrogen) atoms. The standard InChI is InChI=1S/C24H19N5O3S/c30-29(31)18-7-3-6-17(13-18)20-9-10-21(32-20)23-22(19-8-1-2-12-26-19)27-24(33)28(23)15-16-5-4-11-25-14-16/h1-14,22-23H,15H2,(H,27,33). The Kier molecular flexibility index (Phi) is 5.54. The average Bonchev–Trinajstić information content (AvgIpc) is 3.45. The molecule has 3 aromatic heterocycles. The molecule has 2 unspecified atom stereocenters. The van der Waals surface area contributed by atoms with Crippen molar-refractivity contribution in [2.75, 3.05) is 0 Å². The highest BCUT2D eigenvalue weighted by atomic mass is 32.1. The van der Waals surface area contributed by atoms with E-state index in [9.17, 15) is 10.1 Å². The van der Waals surface area contributed by atoms with E-state index in [1.807, 2.05) is 48.7 Å². The Bertz CT molecular complexity index is 1300. The molecule has 0 aliphatic carbocycles. The van der Waals surface area contributed by atoms with Crippen molar-refractivity contribution in [2.24, 2.45) is 0 Å². The minimum Gasteiger partial charge on any atom is -0.459 e. The monoisotopic (exact) mass is 457 g/mol. The number of nitro benzene ring substituents is 1. The molecule has 0 spiro atoms. The first-order chi connectivity index (χ1) is 16.1. The molecule has 2 atom stereocenters. The van der Waals surface area contributed by atoms with Gasteiger partial charge >= 0.3 is 0 Å². The van der Waals surface area contributed by atoms with Crippen LogP contribution in [0.3, 0.4) is 0 Å². The van der Waals surface area contributed by atoms with Gasteiger partial charge in [-0.15, -0.1) is 0 Å². The number of nitrogens with zero attached hydrogens (tertiary/aromatic N) is 4. The molecular formula is C24H19N5O3S. The molecule has 0 saturated carbocycles. The number of benzene rings is 1. The van der Waals surface area contributed by atoms with E-state index in [4.69, 9.17) is 16.6 Å². The Balaban J connectivity index is 1.53. The van der Waals surface area contributed by atoms with Crippen LogP contribution in [0.2, 0.25) is 0 Å². The fourth-order valence-corrected chi connectivity index (χ4v) is 4.32. The first-order valence-corrected chi connectivity index (χ1v) is 10.7. The molecule has 9 heteroatoms. The van der Waals surface area contributed by atoms with Crippen LogP contribution in [0.4, 0.5) is 5.69 Å². The SMILES string of the molecule is O=[N+]([O-])c1cccc(-c2ccc(C3C(c4ccccn4)NC(=S)N3Cc3cccnc3)o2)c1. The van der Waals surface area contributed by atoms with Gasteiger partial charge < -0.3 is 14.6 Å². The summed E-state index contributed by atoms with van der Waals surface area (Å²) in [5.41, 5.74) is 2.50. The topological polar surface area (TPSA) is 97.3 Å². The lowest BCUT2D eigenvalue weighted by Crippen LogP contribution is -2.29. The van der Waals surface area contributed by atoms with Crippen LogP contribution >= 0.6 is 12.2 Å². The van der Waals surface area contributed by atoms with E-state index in [-0.39, 0.29) is 17.8 Å². The van der Waals surface area contributed by atoms with Crippen LogP contribution in [0.15, 0.2) is 89.7 Å². The number of rotatable bonds is 6. The smallest absolute Gasteiger partial charge is 0.270 e. The van der Waals surface area contributed by atoms with Crippen molar-refractivity contribution in [1.29, 1.82) is 0 Å². The number of furan rings is 1. The molecule has 4 heterocycles. The second-order valence-electron chi connectivity index (χ2n) is 7.63. The van der Waals surface area contributed by atoms with Gasteiger partial charge in [0, 0.05) is 42.8 Å². The predicted molar refractivity (Wildman–Crippen MR) is 126 cm³/mol. The summed E-state index contributed by atoms with van der Waals surface area (Å²) in [6.07, 6.45) is 5.29. The number of nitro groups is 1. The van der Waals surface area contributed by atoms with E-state index in [1.165, 1.54) is 12.1 Å². The summed E-state index contributed by atoms with van der Waals surface area (Å²) >= 11 is 5.69. The van der Waals surface area contributed by atoms with E-state index >= 15 is 0 Å². The van der Waals surface area contributed by atoms with Crippen molar-refractivity contribution >= 4 is 23.0 Å². The molecule has 164 valence electrons. The van der Waals surface area contributed by atoms with Crippen molar-refractivity contribution in [3.05, 3.63) is 112 Å². The van der Waals surface area contributed by atoms with Crippen LogP contribution in [-0.4, -0.2) is 24.9 Å². The Morgan fingerprint density at radius 3 is 2.76 bits per heavy atom. The quantitative estimate of drug-likeness (QED) is 0.250. The summed E-state index contributed by atoms with van der Waals surface area (Å²) in [5, 5.41) is 15.2. The Morgan fingerprint density at radius 1 is 1.09 bits per heavy atom. The van der Waals surface area contributed by atoms with Gasteiger partial charge in [-0.2, -0.15) is 0 Å². The van der Waals surface area contributed by atoms with Crippen molar-refractivity contribution in [3.63, 3.8) is 0 Å². The van der Waals surface area contributed by atoms with Crippen LogP contribution in [0.1, 0.15) is 29.1 Å². The molecule has 5 rings (SSSR count). The van der Waals surface area contributed by atoms with Crippen LogP contribution in [0.25, 0.3) is 11.3 Å². The molecule has 1 aliphatic rings. The maximum absolute atomic E-state index is 11.2. The molecule has 8 nitrogen and oxygen atoms in total. The van der Waals surface area contributed by atoms with Crippen molar-refractivity contribution in [3.8, 4) is 11.3 Å². The maximum Gasteiger partial charge on any atom is 0.270 e. The predicted octanol–water partition coefficient (Wildman–Crippen LogP) is 4.82. The third kappa shape index (κ3) is 4.18. The summed E-state index contributed by atoms with van der Waals surface area (Å²) in [4.78, 5) is 21.6. The maximum atomic E-state index is 11.2. The lowest BCUT2D eigenvalue weighted by molar-refractivity contribution is -0.384. The number of pyridine rings is 2. The van der Waals surface area contributed by atoms with Gasteiger partial charge in [0.1, 0.15) is 17.6 Å². The van der Waals surface area contributed by atoms with Gasteiger partial charge in [-0.1, -0.05) is 24.3 Å². The lowest BCUT2D eigenvalue weighted by Gasteiger charge is -2.26. The zero-order valence-corrected chi connectivity index (χ0v) is 18.2. The molecule has 1 aromatic carbocycles. The zero-order chi connectivity index (χ0) is 22.8. The summed E-state index contributed by atoms with van der Waals surface area (Å²) < 4.78 is 6.25. The van der Waals surface area contributed by atoms with Crippen LogP contribution in [0.5, 0.6) is 0 Å². The van der Waals surface area contributed by atoms with Gasteiger partial charge in [0.2, 0.25) is 0 Å². The first kappa shape index (κ1) is 20.8. The highest BCUT2D eigenvalue weighted by molar-refractivity contribution is 7.80. The molecule has 1 fully saturated rings. The Hall–Kier alpha value is -4.11. The molecule has 1 aliphatic heterocycles. The van der Waals surface area contributed by atoms with Crippen molar-refractivity contribution in [1.82, 2.24) is 20.2 Å². The number of non-ortho nitro benzene ring substituents is 1. The fraction of sp³-hybridized carbons (Fsp3) is 0.125. The largest absolute Gasteiger partial charge is 0.459 e. The van der Waals surface area contributed by atoms with Gasteiger partial charge in [-0.05, 0) is 48.1 Å². The molecular weight excluding hydrogens is 438 g/mol. The minimum atomic E-state index is -0.417. The van der Waals surface area contributed by atoms with Gasteiger partial charge in [0.25, 0.3) is 5.69 Å². The van der Waals surface area contributed by atoms with Gasteiger partial charge in [0.15, 0.2) is 5.11 Å². The molecule has 0 radical (unpaired) electrons. The highest BCUT2D eigenvalue weighted by Gasteiger charge is 2.41. The van der Waals surface area contributed by atoms with E-state index in [2.05, 4.69) is 20.2 Å². The molecule has 0 bridgehead atoms. The first-order valence-electron chi connectivity index (χ1n) is 10.3. The molecule has 1 saturated heterocycles.